The molecule has 0 unspecified atom stereocenters. The Morgan fingerprint density at radius 1 is 1.18 bits per heavy atom. The zero-order chi connectivity index (χ0) is 12.3. The van der Waals surface area contributed by atoms with E-state index in [0.29, 0.717) is 5.69 Å². The van der Waals surface area contributed by atoms with Crippen LogP contribution < -0.4 is 0 Å². The largest absolute Gasteiger partial charge is 0.294 e. The van der Waals surface area contributed by atoms with Gasteiger partial charge in [0.2, 0.25) is 0 Å². The Labute approximate surface area is 103 Å². The zero-order valence-corrected chi connectivity index (χ0v) is 10.3. The van der Waals surface area contributed by atoms with Crippen LogP contribution in [0.3, 0.4) is 0 Å². The summed E-state index contributed by atoms with van der Waals surface area (Å²) in [7, 11) is -4.13. The highest BCUT2D eigenvalue weighted by molar-refractivity contribution is 7.85. The number of nitrogens with zero attached hydrogens (tertiary/aromatic N) is 1. The predicted octanol–water partition coefficient (Wildman–Crippen LogP) is 2.75. The van der Waals surface area contributed by atoms with Crippen LogP contribution in [0.2, 0.25) is 0 Å². The maximum atomic E-state index is 10.8. The summed E-state index contributed by atoms with van der Waals surface area (Å²) in [6.07, 6.45) is 1.69. The van der Waals surface area contributed by atoms with Gasteiger partial charge in [-0.15, -0.1) is 0 Å². The quantitative estimate of drug-likeness (QED) is 0.687. The van der Waals surface area contributed by atoms with Crippen molar-refractivity contribution in [1.29, 1.82) is 0 Å². The second-order valence-corrected chi connectivity index (χ2v) is 5.49. The monoisotopic (exact) mass is 267 g/mol. The Kier molecular flexibility index (Phi) is 3.37. The molecule has 6 heteroatoms. The van der Waals surface area contributed by atoms with Crippen LogP contribution >= 0.6 is 11.3 Å². The summed E-state index contributed by atoms with van der Waals surface area (Å²) in [5.74, 6) is 0. The van der Waals surface area contributed by atoms with E-state index in [9.17, 15) is 8.42 Å². The number of hydrogen-bond acceptors (Lipinski definition) is 4. The minimum absolute atomic E-state index is 0.132. The zero-order valence-electron chi connectivity index (χ0n) is 8.65. The fourth-order valence-electron chi connectivity index (χ4n) is 1.20. The van der Waals surface area contributed by atoms with Gasteiger partial charge in [-0.3, -0.25) is 9.55 Å². The highest BCUT2D eigenvalue weighted by Crippen LogP contribution is 2.16. The molecule has 0 atom stereocenters. The Bertz CT molecular complexity index is 613. The lowest BCUT2D eigenvalue weighted by Gasteiger charge is -1.97. The average molecular weight is 267 g/mol. The molecule has 0 aliphatic heterocycles. The molecule has 0 spiro atoms. The molecule has 2 rings (SSSR count). The molecule has 1 aromatic heterocycles. The fraction of sp³-hybridized carbons (Fsp3) is 0. The van der Waals surface area contributed by atoms with Crippen LogP contribution in [0.25, 0.3) is 0 Å². The highest BCUT2D eigenvalue weighted by atomic mass is 32.2. The van der Waals surface area contributed by atoms with Gasteiger partial charge in [0.25, 0.3) is 10.1 Å². The SMILES string of the molecule is O=S(=O)(O)c1ccc(N=Cc2ccsc2)cc1. The van der Waals surface area contributed by atoms with E-state index >= 15 is 0 Å². The maximum Gasteiger partial charge on any atom is 0.294 e. The molecule has 2 aromatic rings. The van der Waals surface area contributed by atoms with Crippen LogP contribution in [0.5, 0.6) is 0 Å². The lowest BCUT2D eigenvalue weighted by atomic mass is 10.3. The number of hydrogen-bond donors (Lipinski definition) is 1. The molecule has 0 aliphatic carbocycles. The van der Waals surface area contributed by atoms with Gasteiger partial charge in [-0.05, 0) is 41.1 Å². The van der Waals surface area contributed by atoms with Crippen LogP contribution in [0.1, 0.15) is 5.56 Å². The summed E-state index contributed by atoms with van der Waals surface area (Å²) in [6, 6.07) is 7.63. The smallest absolute Gasteiger partial charge is 0.282 e. The van der Waals surface area contributed by atoms with E-state index < -0.39 is 10.1 Å². The molecule has 0 bridgehead atoms. The van der Waals surface area contributed by atoms with Gasteiger partial charge in [0.1, 0.15) is 0 Å². The fourth-order valence-corrected chi connectivity index (χ4v) is 2.29. The number of aliphatic imine (C=N–C) groups is 1. The molecule has 1 N–H and O–H groups in total. The topological polar surface area (TPSA) is 66.7 Å². The normalized spacial score (nSPS) is 12.1. The van der Waals surface area contributed by atoms with Crippen molar-refractivity contribution >= 4 is 33.4 Å². The summed E-state index contributed by atoms with van der Waals surface area (Å²) in [5, 5.41) is 3.90. The molecular formula is C11H9NO3S2. The third kappa shape index (κ3) is 3.23. The first-order valence-corrected chi connectivity index (χ1v) is 7.08. The Morgan fingerprint density at radius 3 is 2.41 bits per heavy atom. The van der Waals surface area contributed by atoms with Crippen LogP contribution in [-0.4, -0.2) is 19.2 Å². The third-order valence-electron chi connectivity index (χ3n) is 2.04. The molecule has 0 saturated heterocycles. The Balaban J connectivity index is 2.19. The van der Waals surface area contributed by atoms with E-state index in [1.54, 1.807) is 17.6 Å². The summed E-state index contributed by atoms with van der Waals surface area (Å²) >= 11 is 1.58. The minimum Gasteiger partial charge on any atom is -0.282 e. The third-order valence-corrected chi connectivity index (χ3v) is 3.61. The van der Waals surface area contributed by atoms with Crippen molar-refractivity contribution in [3.8, 4) is 0 Å². The van der Waals surface area contributed by atoms with Crippen LogP contribution in [0, 0.1) is 0 Å². The minimum atomic E-state index is -4.13. The van der Waals surface area contributed by atoms with E-state index in [2.05, 4.69) is 4.99 Å². The lowest BCUT2D eigenvalue weighted by Crippen LogP contribution is -1.96. The number of thiophene rings is 1. The molecule has 0 amide bonds. The first-order chi connectivity index (χ1) is 8.05. The summed E-state index contributed by atoms with van der Waals surface area (Å²) in [5.41, 5.74) is 1.62. The molecule has 1 heterocycles. The van der Waals surface area contributed by atoms with E-state index in [1.807, 2.05) is 16.8 Å². The van der Waals surface area contributed by atoms with Crippen LogP contribution in [-0.2, 0) is 10.1 Å². The van der Waals surface area contributed by atoms with E-state index in [0.717, 1.165) is 5.56 Å². The van der Waals surface area contributed by atoms with Crippen molar-refractivity contribution in [3.05, 3.63) is 46.7 Å². The van der Waals surface area contributed by atoms with E-state index in [-0.39, 0.29) is 4.90 Å². The van der Waals surface area contributed by atoms with Crippen molar-refractivity contribution in [1.82, 2.24) is 0 Å². The van der Waals surface area contributed by atoms with Gasteiger partial charge in [-0.1, -0.05) is 0 Å². The molecule has 0 fully saturated rings. The highest BCUT2D eigenvalue weighted by Gasteiger charge is 2.07. The Hall–Kier alpha value is -1.50. The molecule has 4 nitrogen and oxygen atoms in total. The standard InChI is InChI=1S/C11H9NO3S2/c13-17(14,15)11-3-1-10(2-4-11)12-7-9-5-6-16-8-9/h1-8H,(H,13,14,15). The summed E-state index contributed by atoms with van der Waals surface area (Å²) in [6.45, 7) is 0. The van der Waals surface area contributed by atoms with Crippen molar-refractivity contribution in [3.63, 3.8) is 0 Å². The maximum absolute atomic E-state index is 10.8. The molecule has 0 radical (unpaired) electrons. The van der Waals surface area contributed by atoms with Crippen molar-refractivity contribution in [2.75, 3.05) is 0 Å². The van der Waals surface area contributed by atoms with Crippen molar-refractivity contribution in [2.24, 2.45) is 4.99 Å². The van der Waals surface area contributed by atoms with Gasteiger partial charge in [0.15, 0.2) is 0 Å². The Morgan fingerprint density at radius 2 is 1.88 bits per heavy atom. The first-order valence-electron chi connectivity index (χ1n) is 4.69. The number of benzene rings is 1. The van der Waals surface area contributed by atoms with E-state index in [1.165, 1.54) is 24.3 Å². The van der Waals surface area contributed by atoms with Gasteiger partial charge >= 0.3 is 0 Å². The van der Waals surface area contributed by atoms with Gasteiger partial charge in [0.05, 0.1) is 10.6 Å². The molecule has 0 saturated carbocycles. The second-order valence-electron chi connectivity index (χ2n) is 3.28. The molecule has 0 aliphatic rings. The lowest BCUT2D eigenvalue weighted by molar-refractivity contribution is 0.483. The van der Waals surface area contributed by atoms with Crippen molar-refractivity contribution in [2.45, 2.75) is 4.90 Å². The first kappa shape index (κ1) is 12.0. The summed E-state index contributed by atoms with van der Waals surface area (Å²) < 4.78 is 30.4. The average Bonchev–Trinajstić information content (AvgIpc) is 2.78. The molecule has 17 heavy (non-hydrogen) atoms. The summed E-state index contributed by atoms with van der Waals surface area (Å²) in [4.78, 5) is 4.04. The van der Waals surface area contributed by atoms with Crippen molar-refractivity contribution < 1.29 is 13.0 Å². The van der Waals surface area contributed by atoms with Gasteiger partial charge < -0.3 is 0 Å². The van der Waals surface area contributed by atoms with Gasteiger partial charge in [-0.2, -0.15) is 19.8 Å². The van der Waals surface area contributed by atoms with Crippen LogP contribution in [0.4, 0.5) is 5.69 Å². The molecule has 1 aromatic carbocycles. The van der Waals surface area contributed by atoms with Gasteiger partial charge in [0, 0.05) is 11.8 Å². The molecule has 88 valence electrons. The van der Waals surface area contributed by atoms with Crippen LogP contribution in [0.15, 0.2) is 51.0 Å². The predicted molar refractivity (Wildman–Crippen MR) is 67.8 cm³/mol. The second kappa shape index (κ2) is 4.79. The van der Waals surface area contributed by atoms with E-state index in [4.69, 9.17) is 4.55 Å². The number of rotatable bonds is 3. The van der Waals surface area contributed by atoms with Gasteiger partial charge in [-0.25, -0.2) is 0 Å². The molecular weight excluding hydrogens is 258 g/mol.